The molecule has 0 aromatic heterocycles. The van der Waals surface area contributed by atoms with Gasteiger partial charge in [-0.15, -0.1) is 0 Å². The summed E-state index contributed by atoms with van der Waals surface area (Å²) >= 11 is 0. The van der Waals surface area contributed by atoms with Crippen LogP contribution in [0, 0.1) is 0 Å². The first-order chi connectivity index (χ1) is 12.3. The normalized spacial score (nSPS) is 17.0. The summed E-state index contributed by atoms with van der Waals surface area (Å²) in [4.78, 5) is 13.0. The summed E-state index contributed by atoms with van der Waals surface area (Å²) in [6, 6.07) is 12.0. The van der Waals surface area contributed by atoms with Crippen molar-refractivity contribution in [2.45, 2.75) is 49.3 Å². The number of hydrogen-bond donors (Lipinski definition) is 2. The van der Waals surface area contributed by atoms with E-state index in [0.717, 1.165) is 30.4 Å². The molecule has 3 N–H and O–H groups in total. The molecular formula is C20H24N2O3S. The number of aryl methyl sites for hydroxylation is 1. The molecule has 26 heavy (non-hydrogen) atoms. The Hall–Kier alpha value is -2.34. The highest BCUT2D eigenvalue weighted by atomic mass is 32.2. The number of carbonyl (C=O) groups is 1. The van der Waals surface area contributed by atoms with Crippen molar-refractivity contribution in [1.29, 1.82) is 0 Å². The second-order valence-electron chi connectivity index (χ2n) is 6.97. The molecule has 2 aromatic carbocycles. The fraction of sp³-hybridized carbons (Fsp3) is 0.350. The van der Waals surface area contributed by atoms with Crippen LogP contribution in [0.2, 0.25) is 0 Å². The Balaban J connectivity index is 1.92. The molecule has 0 aliphatic heterocycles. The number of amides is 1. The number of hydrogen-bond acceptors (Lipinski definition) is 4. The minimum Gasteiger partial charge on any atom is -0.399 e. The molecule has 1 aliphatic rings. The molecule has 2 aromatic rings. The zero-order chi connectivity index (χ0) is 18.9. The van der Waals surface area contributed by atoms with Crippen molar-refractivity contribution in [1.82, 2.24) is 5.32 Å². The zero-order valence-corrected chi connectivity index (χ0v) is 15.8. The number of carbonyl (C=O) groups excluding carboxylic acids is 1. The van der Waals surface area contributed by atoms with Crippen LogP contribution in [0.4, 0.5) is 5.69 Å². The van der Waals surface area contributed by atoms with Gasteiger partial charge in [0.1, 0.15) is 0 Å². The standard InChI is InChI=1S/C20H24N2O3S/c1-13(2)26(24,25)19-9-4-3-7-17(19)20(23)22-18-8-5-6-14-12-15(21)10-11-16(14)18/h3-4,7,9-13,18H,5-6,8,21H2,1-2H3,(H,22,23). The number of nitrogens with two attached hydrogens (primary N) is 1. The monoisotopic (exact) mass is 372 g/mol. The van der Waals surface area contributed by atoms with Gasteiger partial charge < -0.3 is 11.1 Å². The number of rotatable bonds is 4. The van der Waals surface area contributed by atoms with Gasteiger partial charge in [0.25, 0.3) is 5.91 Å². The molecular weight excluding hydrogens is 348 g/mol. The highest BCUT2D eigenvalue weighted by molar-refractivity contribution is 7.92. The number of sulfone groups is 1. The molecule has 0 bridgehead atoms. The molecule has 1 atom stereocenters. The van der Waals surface area contributed by atoms with Gasteiger partial charge >= 0.3 is 0 Å². The lowest BCUT2D eigenvalue weighted by Gasteiger charge is -2.27. The van der Waals surface area contributed by atoms with Gasteiger partial charge in [-0.25, -0.2) is 8.42 Å². The molecule has 0 spiro atoms. The number of anilines is 1. The van der Waals surface area contributed by atoms with Crippen LogP contribution in [-0.4, -0.2) is 19.6 Å². The highest BCUT2D eigenvalue weighted by Crippen LogP contribution is 2.31. The van der Waals surface area contributed by atoms with Crippen LogP contribution in [-0.2, 0) is 16.3 Å². The largest absolute Gasteiger partial charge is 0.399 e. The van der Waals surface area contributed by atoms with Crippen molar-refractivity contribution in [2.75, 3.05) is 5.73 Å². The van der Waals surface area contributed by atoms with E-state index >= 15 is 0 Å². The van der Waals surface area contributed by atoms with Crippen molar-refractivity contribution >= 4 is 21.4 Å². The quantitative estimate of drug-likeness (QED) is 0.806. The second-order valence-corrected chi connectivity index (χ2v) is 9.44. The van der Waals surface area contributed by atoms with Crippen LogP contribution in [0.5, 0.6) is 0 Å². The van der Waals surface area contributed by atoms with Crippen molar-refractivity contribution in [3.8, 4) is 0 Å². The maximum atomic E-state index is 12.9. The summed E-state index contributed by atoms with van der Waals surface area (Å²) in [7, 11) is -3.54. The molecule has 0 heterocycles. The fourth-order valence-electron chi connectivity index (χ4n) is 3.38. The lowest BCUT2D eigenvalue weighted by atomic mass is 9.87. The Bertz CT molecular complexity index is 936. The molecule has 1 aliphatic carbocycles. The molecule has 5 nitrogen and oxygen atoms in total. The van der Waals surface area contributed by atoms with Gasteiger partial charge in [0.2, 0.25) is 0 Å². The van der Waals surface area contributed by atoms with E-state index in [9.17, 15) is 13.2 Å². The maximum absolute atomic E-state index is 12.9. The van der Waals surface area contributed by atoms with E-state index in [0.29, 0.717) is 5.69 Å². The summed E-state index contributed by atoms with van der Waals surface area (Å²) in [6.45, 7) is 3.23. The minimum atomic E-state index is -3.54. The Kier molecular flexibility index (Phi) is 5.05. The van der Waals surface area contributed by atoms with E-state index in [4.69, 9.17) is 5.73 Å². The van der Waals surface area contributed by atoms with Crippen molar-refractivity contribution in [3.63, 3.8) is 0 Å². The number of nitrogen functional groups attached to an aromatic ring is 1. The van der Waals surface area contributed by atoms with E-state index < -0.39 is 15.1 Å². The molecule has 0 radical (unpaired) electrons. The van der Waals surface area contributed by atoms with Gasteiger partial charge in [-0.05, 0) is 68.5 Å². The van der Waals surface area contributed by atoms with Crippen LogP contribution in [0.1, 0.15) is 54.2 Å². The minimum absolute atomic E-state index is 0.0841. The van der Waals surface area contributed by atoms with E-state index in [-0.39, 0.29) is 22.4 Å². The predicted octanol–water partition coefficient (Wildman–Crippen LogP) is 3.26. The van der Waals surface area contributed by atoms with E-state index in [1.807, 2.05) is 18.2 Å². The smallest absolute Gasteiger partial charge is 0.253 e. The van der Waals surface area contributed by atoms with E-state index in [1.165, 1.54) is 6.07 Å². The van der Waals surface area contributed by atoms with E-state index in [1.54, 1.807) is 32.0 Å². The Morgan fingerprint density at radius 2 is 1.92 bits per heavy atom. The van der Waals surface area contributed by atoms with Crippen LogP contribution >= 0.6 is 0 Å². The van der Waals surface area contributed by atoms with Crippen LogP contribution in [0.25, 0.3) is 0 Å². The first kappa shape index (κ1) is 18.5. The molecule has 0 saturated heterocycles. The molecule has 3 rings (SSSR count). The molecule has 0 saturated carbocycles. The van der Waals surface area contributed by atoms with Gasteiger partial charge in [0, 0.05) is 5.69 Å². The third kappa shape index (κ3) is 3.46. The fourth-order valence-corrected chi connectivity index (χ4v) is 4.62. The third-order valence-electron chi connectivity index (χ3n) is 4.85. The summed E-state index contributed by atoms with van der Waals surface area (Å²) in [5.74, 6) is -0.362. The molecule has 1 unspecified atom stereocenters. The maximum Gasteiger partial charge on any atom is 0.253 e. The summed E-state index contributed by atoms with van der Waals surface area (Å²) in [6.07, 6.45) is 2.71. The Labute approximate surface area is 154 Å². The lowest BCUT2D eigenvalue weighted by molar-refractivity contribution is 0.0929. The van der Waals surface area contributed by atoms with Crippen LogP contribution in [0.3, 0.4) is 0 Å². The SMILES string of the molecule is CC(C)S(=O)(=O)c1ccccc1C(=O)NC1CCCc2cc(N)ccc21. The van der Waals surface area contributed by atoms with Crippen LogP contribution < -0.4 is 11.1 Å². The average molecular weight is 372 g/mol. The van der Waals surface area contributed by atoms with Crippen molar-refractivity contribution in [3.05, 3.63) is 59.2 Å². The van der Waals surface area contributed by atoms with Crippen molar-refractivity contribution in [2.24, 2.45) is 0 Å². The van der Waals surface area contributed by atoms with Gasteiger partial charge in [-0.3, -0.25) is 4.79 Å². The van der Waals surface area contributed by atoms with Gasteiger partial charge in [0.15, 0.2) is 9.84 Å². The number of fused-ring (bicyclic) bond motifs is 1. The predicted molar refractivity (Wildman–Crippen MR) is 103 cm³/mol. The van der Waals surface area contributed by atoms with Crippen LogP contribution in [0.15, 0.2) is 47.4 Å². The van der Waals surface area contributed by atoms with E-state index in [2.05, 4.69) is 5.32 Å². The number of nitrogens with one attached hydrogen (secondary N) is 1. The molecule has 0 fully saturated rings. The highest BCUT2D eigenvalue weighted by Gasteiger charge is 2.27. The summed E-state index contributed by atoms with van der Waals surface area (Å²) < 4.78 is 25.2. The second kappa shape index (κ2) is 7.11. The number of benzene rings is 2. The Morgan fingerprint density at radius 3 is 2.65 bits per heavy atom. The molecule has 6 heteroatoms. The van der Waals surface area contributed by atoms with Gasteiger partial charge in [-0.2, -0.15) is 0 Å². The summed E-state index contributed by atoms with van der Waals surface area (Å²) in [5, 5.41) is 2.43. The first-order valence-electron chi connectivity index (χ1n) is 8.83. The molecule has 138 valence electrons. The lowest BCUT2D eigenvalue weighted by Crippen LogP contribution is -2.32. The topological polar surface area (TPSA) is 89.3 Å². The average Bonchev–Trinajstić information content (AvgIpc) is 2.61. The van der Waals surface area contributed by atoms with Gasteiger partial charge in [-0.1, -0.05) is 18.2 Å². The molecule has 1 amide bonds. The van der Waals surface area contributed by atoms with Gasteiger partial charge in [0.05, 0.1) is 21.8 Å². The van der Waals surface area contributed by atoms with Crippen molar-refractivity contribution < 1.29 is 13.2 Å². The Morgan fingerprint density at radius 1 is 1.19 bits per heavy atom. The summed E-state index contributed by atoms with van der Waals surface area (Å²) in [5.41, 5.74) is 8.97. The first-order valence-corrected chi connectivity index (χ1v) is 10.4. The third-order valence-corrected chi connectivity index (χ3v) is 7.06. The zero-order valence-electron chi connectivity index (χ0n) is 15.0.